The number of ether oxygens (including phenoxy) is 2. The van der Waals surface area contributed by atoms with Crippen molar-refractivity contribution >= 4 is 17.3 Å². The van der Waals surface area contributed by atoms with E-state index in [1.54, 1.807) is 24.4 Å². The van der Waals surface area contributed by atoms with E-state index in [2.05, 4.69) is 15.2 Å². The summed E-state index contributed by atoms with van der Waals surface area (Å²) in [6.07, 6.45) is 4.08. The maximum atomic E-state index is 12.5. The number of nitrogens with zero attached hydrogens (tertiary/aromatic N) is 2. The molecule has 6 nitrogen and oxygen atoms in total. The van der Waals surface area contributed by atoms with Crippen molar-refractivity contribution in [2.75, 3.05) is 36.5 Å². The van der Waals surface area contributed by atoms with Gasteiger partial charge in [-0.1, -0.05) is 0 Å². The van der Waals surface area contributed by atoms with Crippen molar-refractivity contribution in [1.82, 2.24) is 4.98 Å². The molecule has 124 valence electrons. The van der Waals surface area contributed by atoms with E-state index < -0.39 is 0 Å². The average molecular weight is 325 g/mol. The van der Waals surface area contributed by atoms with Gasteiger partial charge < -0.3 is 19.7 Å². The predicted octanol–water partition coefficient (Wildman–Crippen LogP) is 2.71. The number of fused-ring (bicyclic) bond motifs is 1. The monoisotopic (exact) mass is 325 g/mol. The Bertz CT molecular complexity index is 757. The predicted molar refractivity (Wildman–Crippen MR) is 91.1 cm³/mol. The fourth-order valence-electron chi connectivity index (χ4n) is 3.03. The van der Waals surface area contributed by atoms with Crippen LogP contribution < -0.4 is 19.7 Å². The number of carbonyl (C=O) groups is 1. The molecule has 24 heavy (non-hydrogen) atoms. The Hall–Kier alpha value is -2.76. The summed E-state index contributed by atoms with van der Waals surface area (Å²) >= 11 is 0. The van der Waals surface area contributed by atoms with Crippen LogP contribution in [0.15, 0.2) is 36.5 Å². The third-order valence-corrected chi connectivity index (χ3v) is 4.25. The minimum atomic E-state index is -0.229. The Balaban J connectivity index is 1.50. The van der Waals surface area contributed by atoms with Gasteiger partial charge in [0.05, 0.1) is 0 Å². The standard InChI is InChI=1S/C18H19N3O3/c22-18(15-12-14(5-6-19-15)21-7-1-2-8-21)20-13-3-4-16-17(11-13)24-10-9-23-16/h3-6,11-12H,1-2,7-10H2,(H,20,22). The maximum Gasteiger partial charge on any atom is 0.274 e. The lowest BCUT2D eigenvalue weighted by atomic mass is 10.2. The van der Waals surface area contributed by atoms with Crippen molar-refractivity contribution in [1.29, 1.82) is 0 Å². The number of rotatable bonds is 3. The number of pyridine rings is 1. The highest BCUT2D eigenvalue weighted by Gasteiger charge is 2.16. The average Bonchev–Trinajstić information content (AvgIpc) is 3.16. The molecular formula is C18H19N3O3. The van der Waals surface area contributed by atoms with E-state index in [1.807, 2.05) is 12.1 Å². The van der Waals surface area contributed by atoms with E-state index in [-0.39, 0.29) is 5.91 Å². The smallest absolute Gasteiger partial charge is 0.274 e. The molecule has 0 atom stereocenters. The van der Waals surface area contributed by atoms with Gasteiger partial charge in [-0.05, 0) is 37.1 Å². The molecule has 0 radical (unpaired) electrons. The van der Waals surface area contributed by atoms with Crippen LogP contribution in [0.4, 0.5) is 11.4 Å². The minimum Gasteiger partial charge on any atom is -0.486 e. The van der Waals surface area contributed by atoms with Crippen molar-refractivity contribution in [3.8, 4) is 11.5 Å². The summed E-state index contributed by atoms with van der Waals surface area (Å²) in [4.78, 5) is 19.0. The molecular weight excluding hydrogens is 306 g/mol. The summed E-state index contributed by atoms with van der Waals surface area (Å²) in [6, 6.07) is 9.18. The molecule has 3 heterocycles. The molecule has 1 aromatic heterocycles. The summed E-state index contributed by atoms with van der Waals surface area (Å²) in [6.45, 7) is 3.14. The van der Waals surface area contributed by atoms with E-state index in [0.717, 1.165) is 18.8 Å². The molecule has 0 saturated carbocycles. The van der Waals surface area contributed by atoms with Crippen LogP contribution in [-0.2, 0) is 0 Å². The molecule has 6 heteroatoms. The first-order valence-electron chi connectivity index (χ1n) is 8.21. The quantitative estimate of drug-likeness (QED) is 0.940. The van der Waals surface area contributed by atoms with Crippen LogP contribution in [0.2, 0.25) is 0 Å². The third-order valence-electron chi connectivity index (χ3n) is 4.25. The van der Waals surface area contributed by atoms with Crippen LogP contribution in [0.5, 0.6) is 11.5 Å². The molecule has 1 amide bonds. The molecule has 0 unspecified atom stereocenters. The Morgan fingerprint density at radius 2 is 1.83 bits per heavy atom. The molecule has 1 N–H and O–H groups in total. The maximum absolute atomic E-state index is 12.5. The molecule has 1 fully saturated rings. The molecule has 2 aromatic rings. The first-order valence-corrected chi connectivity index (χ1v) is 8.21. The summed E-state index contributed by atoms with van der Waals surface area (Å²) in [5.74, 6) is 1.12. The Morgan fingerprint density at radius 3 is 2.67 bits per heavy atom. The normalized spacial score (nSPS) is 16.1. The highest BCUT2D eigenvalue weighted by molar-refractivity contribution is 6.03. The second-order valence-electron chi connectivity index (χ2n) is 5.91. The Labute approximate surface area is 140 Å². The molecule has 0 aliphatic carbocycles. The topological polar surface area (TPSA) is 63.7 Å². The summed E-state index contributed by atoms with van der Waals surface area (Å²) in [5.41, 5.74) is 2.13. The number of benzene rings is 1. The van der Waals surface area contributed by atoms with Crippen LogP contribution in [-0.4, -0.2) is 37.2 Å². The zero-order chi connectivity index (χ0) is 16.4. The van der Waals surface area contributed by atoms with Crippen molar-refractivity contribution in [2.24, 2.45) is 0 Å². The number of nitrogens with one attached hydrogen (secondary N) is 1. The molecule has 2 aliphatic rings. The first kappa shape index (κ1) is 14.8. The summed E-state index contributed by atoms with van der Waals surface area (Å²) < 4.78 is 11.0. The molecule has 4 rings (SSSR count). The van der Waals surface area contributed by atoms with E-state index in [9.17, 15) is 4.79 Å². The largest absolute Gasteiger partial charge is 0.486 e. The van der Waals surface area contributed by atoms with Crippen molar-refractivity contribution in [3.05, 3.63) is 42.2 Å². The van der Waals surface area contributed by atoms with Crippen molar-refractivity contribution in [2.45, 2.75) is 12.8 Å². The fraction of sp³-hybridized carbons (Fsp3) is 0.333. The highest BCUT2D eigenvalue weighted by atomic mass is 16.6. The lowest BCUT2D eigenvalue weighted by Gasteiger charge is -2.19. The number of amides is 1. The lowest BCUT2D eigenvalue weighted by Crippen LogP contribution is -2.20. The number of anilines is 2. The van der Waals surface area contributed by atoms with Crippen molar-refractivity contribution in [3.63, 3.8) is 0 Å². The second-order valence-corrected chi connectivity index (χ2v) is 5.91. The first-order chi connectivity index (χ1) is 11.8. The Morgan fingerprint density at radius 1 is 1.04 bits per heavy atom. The molecule has 0 spiro atoms. The van der Waals surface area contributed by atoms with Gasteiger partial charge in [-0.15, -0.1) is 0 Å². The SMILES string of the molecule is O=C(Nc1ccc2c(c1)OCCO2)c1cc(N2CCCC2)ccn1. The van der Waals surface area contributed by atoms with E-state index >= 15 is 0 Å². The number of carbonyl (C=O) groups excluding carboxylic acids is 1. The minimum absolute atomic E-state index is 0.229. The summed E-state index contributed by atoms with van der Waals surface area (Å²) in [5, 5.41) is 2.87. The van der Waals surface area contributed by atoms with Crippen LogP contribution in [0.1, 0.15) is 23.3 Å². The summed E-state index contributed by atoms with van der Waals surface area (Å²) in [7, 11) is 0. The van der Waals surface area contributed by atoms with Crippen LogP contribution in [0.25, 0.3) is 0 Å². The second kappa shape index (κ2) is 6.39. The van der Waals surface area contributed by atoms with Gasteiger partial charge in [0.25, 0.3) is 5.91 Å². The number of aromatic nitrogens is 1. The van der Waals surface area contributed by atoms with Gasteiger partial charge in [0.2, 0.25) is 0 Å². The van der Waals surface area contributed by atoms with Gasteiger partial charge in [0.1, 0.15) is 18.9 Å². The van der Waals surface area contributed by atoms with E-state index in [0.29, 0.717) is 36.1 Å². The van der Waals surface area contributed by atoms with Gasteiger partial charge in [-0.25, -0.2) is 0 Å². The number of hydrogen-bond acceptors (Lipinski definition) is 5. The Kier molecular flexibility index (Phi) is 3.94. The van der Waals surface area contributed by atoms with Gasteiger partial charge in [0.15, 0.2) is 11.5 Å². The third kappa shape index (κ3) is 2.99. The van der Waals surface area contributed by atoms with Gasteiger partial charge >= 0.3 is 0 Å². The van der Waals surface area contributed by atoms with E-state index in [4.69, 9.17) is 9.47 Å². The lowest BCUT2D eigenvalue weighted by molar-refractivity contribution is 0.102. The van der Waals surface area contributed by atoms with Crippen LogP contribution in [0, 0.1) is 0 Å². The molecule has 2 aliphatic heterocycles. The number of hydrogen-bond donors (Lipinski definition) is 1. The zero-order valence-electron chi connectivity index (χ0n) is 13.3. The van der Waals surface area contributed by atoms with Gasteiger partial charge in [-0.3, -0.25) is 9.78 Å². The van der Waals surface area contributed by atoms with Crippen LogP contribution in [0.3, 0.4) is 0 Å². The van der Waals surface area contributed by atoms with Gasteiger partial charge in [0, 0.05) is 36.7 Å². The highest BCUT2D eigenvalue weighted by Crippen LogP contribution is 2.32. The molecule has 0 bridgehead atoms. The van der Waals surface area contributed by atoms with Crippen molar-refractivity contribution < 1.29 is 14.3 Å². The van der Waals surface area contributed by atoms with Crippen LogP contribution >= 0.6 is 0 Å². The fourth-order valence-corrected chi connectivity index (χ4v) is 3.03. The van der Waals surface area contributed by atoms with Gasteiger partial charge in [-0.2, -0.15) is 0 Å². The zero-order valence-corrected chi connectivity index (χ0v) is 13.3. The van der Waals surface area contributed by atoms with E-state index in [1.165, 1.54) is 12.8 Å². The molecule has 1 aromatic carbocycles. The molecule has 1 saturated heterocycles.